The Balaban J connectivity index is 0.000000354. The van der Waals surface area contributed by atoms with E-state index in [4.69, 9.17) is 5.73 Å². The van der Waals surface area contributed by atoms with Crippen LogP contribution in [-0.4, -0.2) is 15.6 Å². The monoisotopic (exact) mass is 497 g/mol. The van der Waals surface area contributed by atoms with E-state index in [1.165, 1.54) is 25.6 Å². The molecule has 23 heavy (non-hydrogen) atoms. The van der Waals surface area contributed by atoms with Crippen LogP contribution in [0.3, 0.4) is 0 Å². The predicted octanol–water partition coefficient (Wildman–Crippen LogP) is 4.72. The van der Waals surface area contributed by atoms with Gasteiger partial charge in [0.25, 0.3) is 0 Å². The van der Waals surface area contributed by atoms with E-state index in [0.29, 0.717) is 0 Å². The number of carbonyl (C=O) groups is 1. The molecule has 1 aromatic heterocycles. The fraction of sp³-hybridized carbons (Fsp3) is 0.375. The summed E-state index contributed by atoms with van der Waals surface area (Å²) in [5, 5.41) is 4.13. The molecule has 1 heterocycles. The number of anilines is 1. The number of halogens is 3. The van der Waals surface area contributed by atoms with E-state index >= 15 is 0 Å². The van der Waals surface area contributed by atoms with Gasteiger partial charge in [-0.25, -0.2) is 4.39 Å². The molecule has 0 fully saturated rings. The Morgan fingerprint density at radius 2 is 1.78 bits per heavy atom. The second-order valence-electron chi connectivity index (χ2n) is 5.15. The highest BCUT2D eigenvalue weighted by Gasteiger charge is 2.08. The van der Waals surface area contributed by atoms with Crippen LogP contribution in [0.25, 0.3) is 0 Å². The molecule has 0 amide bonds. The van der Waals surface area contributed by atoms with Crippen LogP contribution in [0.15, 0.2) is 16.6 Å². The van der Waals surface area contributed by atoms with Crippen LogP contribution in [-0.2, 0) is 11.8 Å². The van der Waals surface area contributed by atoms with Crippen molar-refractivity contribution in [2.75, 3.05) is 5.73 Å². The first-order valence-corrected chi connectivity index (χ1v) is 8.68. The third-order valence-electron chi connectivity index (χ3n) is 2.67. The number of benzene rings is 1. The van der Waals surface area contributed by atoms with Crippen LogP contribution < -0.4 is 5.73 Å². The van der Waals surface area contributed by atoms with Gasteiger partial charge >= 0.3 is 0 Å². The summed E-state index contributed by atoms with van der Waals surface area (Å²) in [6.45, 7) is 8.98. The van der Waals surface area contributed by atoms with Gasteiger partial charge < -0.3 is 10.5 Å². The highest BCUT2D eigenvalue weighted by Crippen LogP contribution is 2.28. The van der Waals surface area contributed by atoms with E-state index in [1.54, 1.807) is 0 Å². The van der Waals surface area contributed by atoms with E-state index in [9.17, 15) is 9.18 Å². The van der Waals surface area contributed by atoms with Gasteiger partial charge in [-0.2, -0.15) is 5.10 Å². The maximum atomic E-state index is 12.9. The van der Waals surface area contributed by atoms with Crippen molar-refractivity contribution in [3.8, 4) is 0 Å². The third-order valence-corrected chi connectivity index (χ3v) is 4.88. The number of carbonyl (C=O) groups excluding carboxylic acids is 1. The van der Waals surface area contributed by atoms with Gasteiger partial charge in [-0.3, -0.25) is 4.68 Å². The van der Waals surface area contributed by atoms with Crippen LogP contribution in [0.5, 0.6) is 0 Å². The molecule has 0 aliphatic heterocycles. The molecule has 2 rings (SSSR count). The number of nitrogens with zero attached hydrogens (tertiary/aromatic N) is 2. The summed E-state index contributed by atoms with van der Waals surface area (Å²) in [5.74, 6) is -0.202. The molecule has 0 saturated carbocycles. The summed E-state index contributed by atoms with van der Waals surface area (Å²) < 4.78 is 16.3. The number of Topliss-reactive ketones (excluding diaryl/α,β-unsaturated/α-hetero) is 1. The summed E-state index contributed by atoms with van der Waals surface area (Å²) in [6, 6.07) is 3.44. The smallest absolute Gasteiger partial charge is 0.148 e. The van der Waals surface area contributed by atoms with Gasteiger partial charge in [0.05, 0.1) is 11.4 Å². The average molecular weight is 498 g/mol. The minimum absolute atomic E-state index is 0.167. The van der Waals surface area contributed by atoms with E-state index in [-0.39, 0.29) is 17.3 Å². The average Bonchev–Trinajstić information content (AvgIpc) is 2.71. The molecular formula is C16H22BrFIN3O. The first kappa shape index (κ1) is 22.0. The Kier molecular flexibility index (Phi) is 9.60. The molecule has 0 saturated heterocycles. The maximum absolute atomic E-state index is 12.9. The van der Waals surface area contributed by atoms with Gasteiger partial charge in [0.2, 0.25) is 0 Å². The Bertz CT molecular complexity index is 637. The van der Waals surface area contributed by atoms with Crippen molar-refractivity contribution in [3.63, 3.8) is 0 Å². The molecule has 0 unspecified atom stereocenters. The van der Waals surface area contributed by atoms with E-state index < -0.39 is 0 Å². The molecule has 1 aromatic carbocycles. The van der Waals surface area contributed by atoms with E-state index in [2.05, 4.69) is 27.1 Å². The van der Waals surface area contributed by atoms with E-state index in [1.807, 2.05) is 55.1 Å². The quantitative estimate of drug-likeness (QED) is 0.423. The summed E-state index contributed by atoms with van der Waals surface area (Å²) in [5.41, 5.74) is 8.95. The van der Waals surface area contributed by atoms with Crippen LogP contribution in [0.4, 0.5) is 10.1 Å². The Morgan fingerprint density at radius 3 is 2.09 bits per heavy atom. The van der Waals surface area contributed by atoms with Crippen molar-refractivity contribution < 1.29 is 9.18 Å². The van der Waals surface area contributed by atoms with Crippen molar-refractivity contribution in [2.24, 2.45) is 7.05 Å². The Morgan fingerprint density at radius 1 is 1.30 bits per heavy atom. The molecule has 2 aromatic rings. The van der Waals surface area contributed by atoms with Crippen LogP contribution >= 0.6 is 38.5 Å². The van der Waals surface area contributed by atoms with Crippen LogP contribution in [0, 0.1) is 30.2 Å². The molecule has 0 aliphatic carbocycles. The van der Waals surface area contributed by atoms with Crippen molar-refractivity contribution in [3.05, 3.63) is 42.9 Å². The second kappa shape index (κ2) is 10.0. The minimum atomic E-state index is -0.369. The lowest BCUT2D eigenvalue weighted by Gasteiger charge is -2.05. The lowest BCUT2D eigenvalue weighted by molar-refractivity contribution is -0.114. The Labute approximate surface area is 158 Å². The zero-order valence-corrected chi connectivity index (χ0v) is 17.9. The fourth-order valence-electron chi connectivity index (χ4n) is 1.45. The summed E-state index contributed by atoms with van der Waals surface area (Å²) in [7, 11) is 1.95. The normalized spacial score (nSPS) is 9.43. The first-order chi connectivity index (χ1) is 10.5. The molecule has 4 nitrogen and oxygen atoms in total. The second-order valence-corrected chi connectivity index (χ2v) is 7.08. The number of aryl methyl sites for hydroxylation is 3. The van der Waals surface area contributed by atoms with Gasteiger partial charge in [-0.1, -0.05) is 15.9 Å². The van der Waals surface area contributed by atoms with Gasteiger partial charge in [0.15, 0.2) is 0 Å². The zero-order chi connectivity index (χ0) is 18.3. The molecule has 0 spiro atoms. The van der Waals surface area contributed by atoms with Crippen LogP contribution in [0.2, 0.25) is 0 Å². The first-order valence-electron chi connectivity index (χ1n) is 6.81. The number of rotatable bonds is 0. The topological polar surface area (TPSA) is 60.9 Å². The molecule has 7 heteroatoms. The SMILES string of the molecule is CC(C)=O.Cc1c(Br)cc(F)c(N)c1I.Cc1cc(C)n(C)n1. The van der Waals surface area contributed by atoms with Gasteiger partial charge in [0, 0.05) is 20.8 Å². The lowest BCUT2D eigenvalue weighted by atomic mass is 10.2. The molecule has 128 valence electrons. The molecule has 0 bridgehead atoms. The van der Waals surface area contributed by atoms with E-state index in [0.717, 1.165) is 19.3 Å². The number of aromatic nitrogens is 2. The standard InChI is InChI=1S/C7H6BrFIN.C6H10N2.C3H6O/c1-3-4(8)2-5(9)7(11)6(3)10;1-5-4-6(2)8(3)7-5;1-3(2)4/h2H,11H2,1H3;4H,1-3H3;1-2H3. The van der Waals surface area contributed by atoms with Gasteiger partial charge in [0.1, 0.15) is 11.6 Å². The summed E-state index contributed by atoms with van der Waals surface area (Å²) >= 11 is 5.26. The summed E-state index contributed by atoms with van der Waals surface area (Å²) in [6.07, 6.45) is 0. The number of ketones is 1. The summed E-state index contributed by atoms with van der Waals surface area (Å²) in [4.78, 5) is 9.44. The largest absolute Gasteiger partial charge is 0.395 e. The van der Waals surface area contributed by atoms with Crippen molar-refractivity contribution >= 4 is 50.0 Å². The Hall–Kier alpha value is -0.960. The fourth-order valence-corrected chi connectivity index (χ4v) is 2.77. The maximum Gasteiger partial charge on any atom is 0.148 e. The number of nitrogen functional groups attached to an aromatic ring is 1. The highest BCUT2D eigenvalue weighted by atomic mass is 127. The zero-order valence-electron chi connectivity index (χ0n) is 14.2. The molecule has 0 radical (unpaired) electrons. The third kappa shape index (κ3) is 7.92. The lowest BCUT2D eigenvalue weighted by Crippen LogP contribution is -1.97. The van der Waals surface area contributed by atoms with Crippen molar-refractivity contribution in [1.29, 1.82) is 0 Å². The van der Waals surface area contributed by atoms with Gasteiger partial charge in [-0.05, 0) is 74.9 Å². The minimum Gasteiger partial charge on any atom is -0.395 e. The molecular weight excluding hydrogens is 476 g/mol. The number of nitrogens with two attached hydrogens (primary N) is 1. The molecule has 0 aliphatic rings. The highest BCUT2D eigenvalue weighted by molar-refractivity contribution is 14.1. The number of hydrogen-bond donors (Lipinski definition) is 1. The van der Waals surface area contributed by atoms with Crippen molar-refractivity contribution in [1.82, 2.24) is 9.78 Å². The van der Waals surface area contributed by atoms with Crippen LogP contribution in [0.1, 0.15) is 30.8 Å². The number of hydrogen-bond acceptors (Lipinski definition) is 3. The molecule has 0 atom stereocenters. The predicted molar refractivity (Wildman–Crippen MR) is 105 cm³/mol. The van der Waals surface area contributed by atoms with Crippen molar-refractivity contribution in [2.45, 2.75) is 34.6 Å². The van der Waals surface area contributed by atoms with Gasteiger partial charge in [-0.15, -0.1) is 0 Å². The molecule has 2 N–H and O–H groups in total.